The number of oxime groups is 1. The number of halogens is 2. The predicted molar refractivity (Wildman–Crippen MR) is 65.7 cm³/mol. The number of nitrogens with two attached hydrogens (primary N) is 1. The fourth-order valence-corrected chi connectivity index (χ4v) is 1.43. The lowest BCUT2D eigenvalue weighted by Crippen LogP contribution is -2.16. The summed E-state index contributed by atoms with van der Waals surface area (Å²) >= 11 is 0. The average molecular weight is 280 g/mol. The van der Waals surface area contributed by atoms with Crippen molar-refractivity contribution < 1.29 is 18.7 Å². The van der Waals surface area contributed by atoms with E-state index in [1.54, 1.807) is 6.92 Å². The van der Waals surface area contributed by atoms with Crippen LogP contribution in [0.4, 0.5) is 8.78 Å². The highest BCUT2D eigenvalue weighted by Gasteiger charge is 2.11. The molecule has 1 heterocycles. The molecule has 20 heavy (non-hydrogen) atoms. The zero-order valence-corrected chi connectivity index (χ0v) is 10.3. The summed E-state index contributed by atoms with van der Waals surface area (Å²) in [4.78, 5) is 7.78. The van der Waals surface area contributed by atoms with E-state index in [0.29, 0.717) is 11.8 Å². The van der Waals surface area contributed by atoms with Crippen LogP contribution < -0.4 is 10.5 Å². The number of rotatable bonds is 3. The largest absolute Gasteiger partial charge is 0.421 e. The Morgan fingerprint density at radius 3 is 2.70 bits per heavy atom. The van der Waals surface area contributed by atoms with Gasteiger partial charge in [0.15, 0.2) is 17.4 Å². The third kappa shape index (κ3) is 2.97. The second-order valence-corrected chi connectivity index (χ2v) is 3.84. The predicted octanol–water partition coefficient (Wildman–Crippen LogP) is 1.95. The van der Waals surface area contributed by atoms with Crippen molar-refractivity contribution in [3.05, 3.63) is 47.3 Å². The summed E-state index contributed by atoms with van der Waals surface area (Å²) in [7, 11) is 0. The molecule has 0 saturated carbocycles. The quantitative estimate of drug-likeness (QED) is 0.388. The monoisotopic (exact) mass is 280 g/mol. The number of ether oxygens (including phenoxy) is 1. The molecular weight excluding hydrogens is 270 g/mol. The van der Waals surface area contributed by atoms with E-state index in [1.165, 1.54) is 6.07 Å². The van der Waals surface area contributed by atoms with Crippen LogP contribution in [0.15, 0.2) is 29.4 Å². The van der Waals surface area contributed by atoms with Crippen molar-refractivity contribution in [1.82, 2.24) is 9.97 Å². The van der Waals surface area contributed by atoms with Gasteiger partial charge in [-0.05, 0) is 25.1 Å². The average Bonchev–Trinajstić information content (AvgIpc) is 2.40. The van der Waals surface area contributed by atoms with E-state index in [9.17, 15) is 8.78 Å². The Kier molecular flexibility index (Phi) is 3.74. The molecule has 2 rings (SSSR count). The fourth-order valence-electron chi connectivity index (χ4n) is 1.43. The molecule has 0 amide bonds. The van der Waals surface area contributed by atoms with Crippen LogP contribution in [0.2, 0.25) is 0 Å². The van der Waals surface area contributed by atoms with Crippen molar-refractivity contribution in [1.29, 1.82) is 0 Å². The van der Waals surface area contributed by atoms with Crippen molar-refractivity contribution in [3.63, 3.8) is 0 Å². The second-order valence-electron chi connectivity index (χ2n) is 3.84. The van der Waals surface area contributed by atoms with Crippen LogP contribution in [-0.2, 0) is 0 Å². The Bertz CT molecular complexity index is 677. The summed E-state index contributed by atoms with van der Waals surface area (Å²) in [6, 6.07) is 4.09. The minimum atomic E-state index is -0.888. The minimum absolute atomic E-state index is 0.123. The van der Waals surface area contributed by atoms with Gasteiger partial charge in [0.1, 0.15) is 11.5 Å². The molecule has 0 saturated heterocycles. The topological polar surface area (TPSA) is 93.6 Å². The third-order valence-electron chi connectivity index (χ3n) is 2.30. The molecular formula is C12H10F2N4O2. The minimum Gasteiger partial charge on any atom is -0.421 e. The maximum absolute atomic E-state index is 13.5. The van der Waals surface area contributed by atoms with E-state index < -0.39 is 11.6 Å². The highest BCUT2D eigenvalue weighted by Crippen LogP contribution is 2.22. The van der Waals surface area contributed by atoms with Gasteiger partial charge in [0.2, 0.25) is 0 Å². The van der Waals surface area contributed by atoms with Crippen molar-refractivity contribution in [3.8, 4) is 11.8 Å². The molecule has 2 aromatic rings. The van der Waals surface area contributed by atoms with Crippen LogP contribution in [0.1, 0.15) is 11.4 Å². The summed E-state index contributed by atoms with van der Waals surface area (Å²) in [5.41, 5.74) is 6.00. The SMILES string of the molecule is Cc1cc(/C(N)=N/O)nc(Oc2ccc(F)cc2F)n1. The standard InChI is InChI=1S/C12H10F2N4O2/c1-6-4-9(11(15)18-19)17-12(16-6)20-10-3-2-7(13)5-8(10)14/h2-5,19H,1H3,(H2,15,18). The van der Waals surface area contributed by atoms with Gasteiger partial charge in [0.05, 0.1) is 0 Å². The van der Waals surface area contributed by atoms with Gasteiger partial charge < -0.3 is 15.7 Å². The first kappa shape index (κ1) is 13.7. The molecule has 3 N–H and O–H groups in total. The highest BCUT2D eigenvalue weighted by atomic mass is 19.1. The molecule has 0 aliphatic carbocycles. The molecule has 0 bridgehead atoms. The van der Waals surface area contributed by atoms with E-state index >= 15 is 0 Å². The first-order valence-corrected chi connectivity index (χ1v) is 5.46. The Morgan fingerprint density at radius 1 is 1.30 bits per heavy atom. The number of hydrogen-bond donors (Lipinski definition) is 2. The van der Waals surface area contributed by atoms with E-state index in [1.807, 2.05) is 0 Å². The van der Waals surface area contributed by atoms with Crippen LogP contribution in [0.3, 0.4) is 0 Å². The molecule has 1 aromatic carbocycles. The summed E-state index contributed by atoms with van der Waals surface area (Å²) in [6.07, 6.45) is 0. The smallest absolute Gasteiger partial charge is 0.322 e. The highest BCUT2D eigenvalue weighted by molar-refractivity contribution is 5.95. The van der Waals surface area contributed by atoms with Gasteiger partial charge in [-0.3, -0.25) is 0 Å². The Hall–Kier alpha value is -2.77. The molecule has 0 unspecified atom stereocenters. The zero-order chi connectivity index (χ0) is 14.7. The third-order valence-corrected chi connectivity index (χ3v) is 2.30. The van der Waals surface area contributed by atoms with Gasteiger partial charge in [0.25, 0.3) is 0 Å². The maximum atomic E-state index is 13.5. The van der Waals surface area contributed by atoms with Crippen LogP contribution >= 0.6 is 0 Å². The number of amidine groups is 1. The van der Waals surface area contributed by atoms with Gasteiger partial charge in [0, 0.05) is 11.8 Å². The van der Waals surface area contributed by atoms with Crippen molar-refractivity contribution in [2.75, 3.05) is 0 Å². The lowest BCUT2D eigenvalue weighted by molar-refractivity contribution is 0.318. The summed E-state index contributed by atoms with van der Waals surface area (Å²) < 4.78 is 31.4. The fraction of sp³-hybridized carbons (Fsp3) is 0.0833. The summed E-state index contributed by atoms with van der Waals surface area (Å²) in [5, 5.41) is 11.4. The lowest BCUT2D eigenvalue weighted by Gasteiger charge is -2.07. The molecule has 0 aliphatic heterocycles. The molecule has 1 aromatic heterocycles. The molecule has 0 aliphatic rings. The van der Waals surface area contributed by atoms with E-state index in [-0.39, 0.29) is 23.3 Å². The molecule has 8 heteroatoms. The van der Waals surface area contributed by atoms with Crippen LogP contribution in [-0.4, -0.2) is 21.0 Å². The molecule has 0 fully saturated rings. The molecule has 0 spiro atoms. The molecule has 104 valence electrons. The van der Waals surface area contributed by atoms with E-state index in [4.69, 9.17) is 15.7 Å². The summed E-state index contributed by atoms with van der Waals surface area (Å²) in [6.45, 7) is 1.63. The van der Waals surface area contributed by atoms with Crippen LogP contribution in [0.5, 0.6) is 11.8 Å². The van der Waals surface area contributed by atoms with Gasteiger partial charge in [-0.2, -0.15) is 4.98 Å². The maximum Gasteiger partial charge on any atom is 0.322 e. The molecule has 0 atom stereocenters. The first-order valence-electron chi connectivity index (χ1n) is 5.46. The number of aryl methyl sites for hydroxylation is 1. The van der Waals surface area contributed by atoms with E-state index in [0.717, 1.165) is 12.1 Å². The number of aromatic nitrogens is 2. The van der Waals surface area contributed by atoms with E-state index in [2.05, 4.69) is 15.1 Å². The van der Waals surface area contributed by atoms with Gasteiger partial charge in [-0.1, -0.05) is 5.16 Å². The van der Waals surface area contributed by atoms with Crippen LogP contribution in [0.25, 0.3) is 0 Å². The Morgan fingerprint density at radius 2 is 2.05 bits per heavy atom. The zero-order valence-electron chi connectivity index (χ0n) is 10.3. The van der Waals surface area contributed by atoms with Crippen molar-refractivity contribution >= 4 is 5.84 Å². The Labute approximate surface area is 112 Å². The number of hydrogen-bond acceptors (Lipinski definition) is 5. The molecule has 0 radical (unpaired) electrons. The van der Waals surface area contributed by atoms with Crippen LogP contribution in [0, 0.1) is 18.6 Å². The lowest BCUT2D eigenvalue weighted by atomic mass is 10.3. The number of benzene rings is 1. The first-order chi connectivity index (χ1) is 9.49. The Balaban J connectivity index is 2.36. The molecule has 6 nitrogen and oxygen atoms in total. The van der Waals surface area contributed by atoms with Gasteiger partial charge >= 0.3 is 6.01 Å². The van der Waals surface area contributed by atoms with Gasteiger partial charge in [-0.25, -0.2) is 13.8 Å². The summed E-state index contributed by atoms with van der Waals surface area (Å²) in [5.74, 6) is -2.08. The number of nitrogens with zero attached hydrogens (tertiary/aromatic N) is 3. The second kappa shape index (κ2) is 5.47. The van der Waals surface area contributed by atoms with Crippen molar-refractivity contribution in [2.24, 2.45) is 10.9 Å². The normalized spacial score (nSPS) is 11.4. The van der Waals surface area contributed by atoms with Crippen molar-refractivity contribution in [2.45, 2.75) is 6.92 Å². The van der Waals surface area contributed by atoms with Gasteiger partial charge in [-0.15, -0.1) is 0 Å².